The van der Waals surface area contributed by atoms with Crippen molar-refractivity contribution in [3.8, 4) is 22.6 Å². The van der Waals surface area contributed by atoms with Crippen molar-refractivity contribution < 1.29 is 19.4 Å². The first-order valence-corrected chi connectivity index (χ1v) is 18.0. The lowest BCUT2D eigenvalue weighted by Crippen LogP contribution is -2.48. The molecule has 4 fully saturated rings. The monoisotopic (exact) mass is 680 g/mol. The fourth-order valence-electron chi connectivity index (χ4n) is 9.54. The van der Waals surface area contributed by atoms with Gasteiger partial charge in [-0.15, -0.1) is 0 Å². The van der Waals surface area contributed by atoms with Gasteiger partial charge in [-0.3, -0.25) is 4.68 Å². The number of pyridine rings is 1. The SMILES string of the molecule is COc1ccc(COc2c(N=C(c3ccccc3)c3ccccc3)nc(C)c(-c3cnn(CC45CC6CC(CC(C6)C4)C5)c3C)c2C(=O)O)cc1. The van der Waals surface area contributed by atoms with Gasteiger partial charge in [-0.1, -0.05) is 72.8 Å². The predicted molar refractivity (Wildman–Crippen MR) is 198 cm³/mol. The van der Waals surface area contributed by atoms with Crippen LogP contribution in [-0.2, 0) is 13.2 Å². The molecule has 4 saturated carbocycles. The highest BCUT2D eigenvalue weighted by Gasteiger charge is 2.51. The fourth-order valence-corrected chi connectivity index (χ4v) is 9.54. The van der Waals surface area contributed by atoms with Crippen LogP contribution >= 0.6 is 0 Å². The zero-order valence-electron chi connectivity index (χ0n) is 29.5. The standard InChI is InChI=1S/C43H44N4O4/c1-27-37(36-24-44-47(28(36)2)26-43-21-30-18-31(22-43)20-32(19-30)23-43)38(42(48)49)40(51-25-29-14-16-35(50-3)17-15-29)41(45-27)46-39(33-10-6-4-7-11-33)34-12-8-5-9-13-34/h4-17,24,30-32H,18-23,25-26H2,1-3H3,(H,48,49). The minimum absolute atomic E-state index is 0.0349. The lowest BCUT2D eigenvalue weighted by Gasteiger charge is -2.56. The van der Waals surface area contributed by atoms with Crippen LogP contribution in [0.1, 0.15) is 77.0 Å². The summed E-state index contributed by atoms with van der Waals surface area (Å²) < 4.78 is 14.0. The number of rotatable bonds is 11. The van der Waals surface area contributed by atoms with E-state index in [0.29, 0.717) is 17.0 Å². The molecular weight excluding hydrogens is 636 g/mol. The number of aliphatic imine (C=N–C) groups is 1. The van der Waals surface area contributed by atoms with E-state index in [9.17, 15) is 9.90 Å². The molecule has 1 N–H and O–H groups in total. The van der Waals surface area contributed by atoms with Crippen LogP contribution < -0.4 is 9.47 Å². The average molecular weight is 681 g/mol. The molecule has 51 heavy (non-hydrogen) atoms. The van der Waals surface area contributed by atoms with Crippen LogP contribution in [0.25, 0.3) is 11.1 Å². The molecule has 2 aromatic heterocycles. The number of benzene rings is 3. The largest absolute Gasteiger partial charge is 0.497 e. The lowest BCUT2D eigenvalue weighted by atomic mass is 9.49. The molecule has 4 aliphatic rings. The Balaban J connectivity index is 1.25. The molecule has 2 heterocycles. The van der Waals surface area contributed by atoms with E-state index >= 15 is 0 Å². The van der Waals surface area contributed by atoms with Gasteiger partial charge in [-0.25, -0.2) is 14.8 Å². The van der Waals surface area contributed by atoms with Crippen molar-refractivity contribution >= 4 is 17.5 Å². The molecule has 4 bridgehead atoms. The molecule has 0 saturated heterocycles. The summed E-state index contributed by atoms with van der Waals surface area (Å²) in [5.74, 6) is 2.47. The van der Waals surface area contributed by atoms with Crippen molar-refractivity contribution in [3.05, 3.63) is 125 Å². The van der Waals surface area contributed by atoms with Crippen molar-refractivity contribution in [1.82, 2.24) is 14.8 Å². The highest BCUT2D eigenvalue weighted by atomic mass is 16.5. The third-order valence-electron chi connectivity index (χ3n) is 11.4. The van der Waals surface area contributed by atoms with Crippen LogP contribution in [0, 0.1) is 37.0 Å². The summed E-state index contributed by atoms with van der Waals surface area (Å²) in [5.41, 5.74) is 6.38. The molecule has 8 heteroatoms. The zero-order chi connectivity index (χ0) is 35.1. The number of ether oxygens (including phenoxy) is 2. The molecule has 0 radical (unpaired) electrons. The molecule has 260 valence electrons. The summed E-state index contributed by atoms with van der Waals surface area (Å²) in [6.07, 6.45) is 9.81. The van der Waals surface area contributed by atoms with E-state index < -0.39 is 5.97 Å². The Kier molecular flexibility index (Phi) is 8.70. The van der Waals surface area contributed by atoms with E-state index in [0.717, 1.165) is 58.0 Å². The van der Waals surface area contributed by atoms with Gasteiger partial charge in [0.25, 0.3) is 0 Å². The van der Waals surface area contributed by atoms with Crippen molar-refractivity contribution in [1.29, 1.82) is 0 Å². The Morgan fingerprint density at radius 1 is 0.882 bits per heavy atom. The quantitative estimate of drug-likeness (QED) is 0.140. The van der Waals surface area contributed by atoms with Gasteiger partial charge in [0, 0.05) is 40.2 Å². The maximum atomic E-state index is 13.5. The molecule has 8 nitrogen and oxygen atoms in total. The maximum Gasteiger partial charge on any atom is 0.340 e. The molecule has 5 aromatic rings. The maximum absolute atomic E-state index is 13.5. The Hall–Kier alpha value is -5.24. The second-order valence-electron chi connectivity index (χ2n) is 15.0. The van der Waals surface area contributed by atoms with E-state index in [2.05, 4.69) is 11.6 Å². The minimum atomic E-state index is -1.11. The number of hydrogen-bond donors (Lipinski definition) is 1. The highest BCUT2D eigenvalue weighted by molar-refractivity contribution is 6.14. The van der Waals surface area contributed by atoms with Gasteiger partial charge in [0.1, 0.15) is 17.9 Å². The number of aromatic nitrogens is 3. The highest BCUT2D eigenvalue weighted by Crippen LogP contribution is 2.60. The van der Waals surface area contributed by atoms with E-state index in [4.69, 9.17) is 24.5 Å². The molecular formula is C43H44N4O4. The van der Waals surface area contributed by atoms with Crippen LogP contribution in [0.2, 0.25) is 0 Å². The van der Waals surface area contributed by atoms with Crippen molar-refractivity contribution in [2.45, 2.75) is 65.5 Å². The number of nitrogens with zero attached hydrogens (tertiary/aromatic N) is 4. The molecule has 0 atom stereocenters. The van der Waals surface area contributed by atoms with E-state index in [1.54, 1.807) is 7.11 Å². The van der Waals surface area contributed by atoms with Crippen molar-refractivity contribution in [2.75, 3.05) is 7.11 Å². The lowest BCUT2D eigenvalue weighted by molar-refractivity contribution is -0.0638. The number of carboxylic acid groups (broad SMARTS) is 1. The fraction of sp³-hybridized carbons (Fsp3) is 0.349. The Morgan fingerprint density at radius 2 is 1.47 bits per heavy atom. The van der Waals surface area contributed by atoms with Crippen molar-refractivity contribution in [2.24, 2.45) is 28.2 Å². The second-order valence-corrected chi connectivity index (χ2v) is 15.0. The average Bonchev–Trinajstić information content (AvgIpc) is 3.48. The van der Waals surface area contributed by atoms with Gasteiger partial charge in [-0.2, -0.15) is 5.10 Å². The van der Waals surface area contributed by atoms with Crippen LogP contribution in [0.4, 0.5) is 5.82 Å². The summed E-state index contributed by atoms with van der Waals surface area (Å²) in [5, 5.41) is 15.9. The second kappa shape index (κ2) is 13.5. The van der Waals surface area contributed by atoms with Crippen LogP contribution in [0.3, 0.4) is 0 Å². The van der Waals surface area contributed by atoms with Gasteiger partial charge >= 0.3 is 5.97 Å². The van der Waals surface area contributed by atoms with Crippen LogP contribution in [0.5, 0.6) is 11.5 Å². The van der Waals surface area contributed by atoms with Gasteiger partial charge < -0.3 is 14.6 Å². The smallest absolute Gasteiger partial charge is 0.340 e. The molecule has 4 aliphatic carbocycles. The number of carbonyl (C=O) groups is 1. The third kappa shape index (κ3) is 6.44. The third-order valence-corrected chi connectivity index (χ3v) is 11.4. The number of methoxy groups -OCH3 is 1. The van der Waals surface area contributed by atoms with Gasteiger partial charge in [-0.05, 0) is 93.2 Å². The summed E-state index contributed by atoms with van der Waals surface area (Å²) in [6.45, 7) is 4.90. The number of aromatic carboxylic acids is 1. The molecule has 0 aliphatic heterocycles. The van der Waals surface area contributed by atoms with Gasteiger partial charge in [0.05, 0.1) is 19.0 Å². The van der Waals surface area contributed by atoms with E-state index in [1.165, 1.54) is 38.5 Å². The first kappa shape index (κ1) is 32.9. The Morgan fingerprint density at radius 3 is 2.02 bits per heavy atom. The minimum Gasteiger partial charge on any atom is -0.497 e. The molecule has 9 rings (SSSR count). The molecule has 0 amide bonds. The topological polar surface area (TPSA) is 98.8 Å². The van der Waals surface area contributed by atoms with Gasteiger partial charge in [0.2, 0.25) is 0 Å². The van der Waals surface area contributed by atoms with E-state index in [-0.39, 0.29) is 29.2 Å². The first-order chi connectivity index (χ1) is 24.8. The van der Waals surface area contributed by atoms with Crippen LogP contribution in [-0.4, -0.2) is 38.7 Å². The zero-order valence-corrected chi connectivity index (χ0v) is 29.5. The number of aryl methyl sites for hydroxylation is 1. The normalized spacial score (nSPS) is 21.7. The molecule has 0 unspecified atom stereocenters. The Labute approximate surface area is 299 Å². The first-order valence-electron chi connectivity index (χ1n) is 18.0. The van der Waals surface area contributed by atoms with Gasteiger partial charge in [0.15, 0.2) is 11.6 Å². The van der Waals surface area contributed by atoms with E-state index in [1.807, 2.05) is 98.0 Å². The Bertz CT molecular complexity index is 2010. The summed E-state index contributed by atoms with van der Waals surface area (Å²) >= 11 is 0. The van der Waals surface area contributed by atoms with Crippen molar-refractivity contribution in [3.63, 3.8) is 0 Å². The number of hydrogen-bond acceptors (Lipinski definition) is 6. The summed E-state index contributed by atoms with van der Waals surface area (Å²) in [7, 11) is 1.62. The molecule has 3 aromatic carbocycles. The predicted octanol–water partition coefficient (Wildman–Crippen LogP) is 9.23. The van der Waals surface area contributed by atoms with Crippen LogP contribution in [0.15, 0.2) is 96.1 Å². The molecule has 0 spiro atoms. The number of carboxylic acids is 1. The summed E-state index contributed by atoms with van der Waals surface area (Å²) in [6, 6.07) is 27.3. The summed E-state index contributed by atoms with van der Waals surface area (Å²) in [4.78, 5) is 23.6.